The number of anilines is 2. The van der Waals surface area contributed by atoms with Crippen LogP contribution in [0.3, 0.4) is 0 Å². The third-order valence-corrected chi connectivity index (χ3v) is 2.97. The molecule has 2 amide bonds. The van der Waals surface area contributed by atoms with Crippen LogP contribution in [0.4, 0.5) is 25.0 Å². The molecule has 3 nitrogen and oxygen atoms in total. The molecule has 20 heavy (non-hydrogen) atoms. The lowest BCUT2D eigenvalue weighted by atomic mass is 10.3. The lowest BCUT2D eigenvalue weighted by Crippen LogP contribution is -2.19. The van der Waals surface area contributed by atoms with Gasteiger partial charge in [-0.15, -0.1) is 0 Å². The molecule has 104 valence electrons. The normalized spacial score (nSPS) is 10.2. The van der Waals surface area contributed by atoms with Gasteiger partial charge in [0, 0.05) is 11.4 Å². The first-order valence-corrected chi connectivity index (χ1v) is 6.19. The van der Waals surface area contributed by atoms with Crippen molar-refractivity contribution in [3.05, 3.63) is 58.1 Å². The summed E-state index contributed by atoms with van der Waals surface area (Å²) in [6, 6.07) is 7.01. The summed E-state index contributed by atoms with van der Waals surface area (Å²) in [4.78, 5) is 11.6. The van der Waals surface area contributed by atoms with E-state index >= 15 is 0 Å². The van der Waals surface area contributed by atoms with Crippen LogP contribution in [0.5, 0.6) is 0 Å². The van der Waals surface area contributed by atoms with Crippen molar-refractivity contribution in [1.29, 1.82) is 0 Å². The Hall–Kier alpha value is -1.85. The first-order chi connectivity index (χ1) is 9.45. The Morgan fingerprint density at radius 1 is 0.850 bits per heavy atom. The second kappa shape index (κ2) is 6.07. The Kier molecular flexibility index (Phi) is 4.42. The van der Waals surface area contributed by atoms with E-state index in [2.05, 4.69) is 10.6 Å². The molecule has 0 aromatic heterocycles. The van der Waals surface area contributed by atoms with Crippen LogP contribution in [-0.2, 0) is 0 Å². The second-order valence-electron chi connectivity index (χ2n) is 3.84. The Morgan fingerprint density at radius 2 is 1.25 bits per heavy atom. The summed E-state index contributed by atoms with van der Waals surface area (Å²) in [5, 5.41) is 4.69. The average Bonchev–Trinajstić information content (AvgIpc) is 2.38. The van der Waals surface area contributed by atoms with Crippen molar-refractivity contribution in [3.63, 3.8) is 0 Å². The topological polar surface area (TPSA) is 41.1 Å². The first kappa shape index (κ1) is 14.6. The molecule has 2 aromatic rings. The van der Waals surface area contributed by atoms with Crippen LogP contribution in [-0.4, -0.2) is 6.03 Å². The lowest BCUT2D eigenvalue weighted by Gasteiger charge is -2.08. The fourth-order valence-corrected chi connectivity index (χ4v) is 1.68. The summed E-state index contributed by atoms with van der Waals surface area (Å²) in [6.45, 7) is 0. The smallest absolute Gasteiger partial charge is 0.308 e. The molecule has 2 aromatic carbocycles. The van der Waals surface area contributed by atoms with E-state index in [0.29, 0.717) is 0 Å². The lowest BCUT2D eigenvalue weighted by molar-refractivity contribution is 0.262. The van der Waals surface area contributed by atoms with E-state index in [-0.39, 0.29) is 21.4 Å². The highest BCUT2D eigenvalue weighted by Crippen LogP contribution is 2.20. The maximum Gasteiger partial charge on any atom is 0.323 e. The van der Waals surface area contributed by atoms with Crippen LogP contribution >= 0.6 is 23.2 Å². The van der Waals surface area contributed by atoms with Crippen LogP contribution in [0.15, 0.2) is 36.4 Å². The molecule has 0 aliphatic rings. The largest absolute Gasteiger partial charge is 0.323 e. The Balaban J connectivity index is 2.04. The van der Waals surface area contributed by atoms with Crippen molar-refractivity contribution >= 4 is 40.6 Å². The van der Waals surface area contributed by atoms with Gasteiger partial charge in [-0.05, 0) is 36.4 Å². The zero-order chi connectivity index (χ0) is 14.7. The molecular formula is C13H8Cl2F2N2O. The monoisotopic (exact) mass is 316 g/mol. The molecule has 0 saturated carbocycles. The SMILES string of the molecule is O=C(Nc1ccc(Cl)c(F)c1)Nc1ccc(Cl)c(F)c1. The molecule has 0 bridgehead atoms. The van der Waals surface area contributed by atoms with Gasteiger partial charge < -0.3 is 10.6 Å². The summed E-state index contributed by atoms with van der Waals surface area (Å²) in [5.74, 6) is -1.30. The molecule has 7 heteroatoms. The fraction of sp³-hybridized carbons (Fsp3) is 0. The zero-order valence-corrected chi connectivity index (χ0v) is 11.4. The van der Waals surface area contributed by atoms with Crippen molar-refractivity contribution < 1.29 is 13.6 Å². The predicted octanol–water partition coefficient (Wildman–Crippen LogP) is 4.92. The third-order valence-electron chi connectivity index (χ3n) is 2.35. The van der Waals surface area contributed by atoms with Crippen LogP contribution in [0.1, 0.15) is 0 Å². The van der Waals surface area contributed by atoms with Gasteiger partial charge in [-0.2, -0.15) is 0 Å². The molecule has 0 atom stereocenters. The van der Waals surface area contributed by atoms with E-state index in [1.807, 2.05) is 0 Å². The molecule has 0 aliphatic heterocycles. The number of halogens is 4. The van der Waals surface area contributed by atoms with Gasteiger partial charge in [0.2, 0.25) is 0 Å². The van der Waals surface area contributed by atoms with Crippen molar-refractivity contribution in [2.45, 2.75) is 0 Å². The van der Waals surface area contributed by atoms with Gasteiger partial charge >= 0.3 is 6.03 Å². The number of amides is 2. The standard InChI is InChI=1S/C13H8Cl2F2N2O/c14-9-3-1-7(5-11(9)16)18-13(20)19-8-2-4-10(15)12(17)6-8/h1-6H,(H2,18,19,20). The average molecular weight is 317 g/mol. The molecule has 0 spiro atoms. The van der Waals surface area contributed by atoms with E-state index in [9.17, 15) is 13.6 Å². The number of carbonyl (C=O) groups excluding carboxylic acids is 1. The van der Waals surface area contributed by atoms with Gasteiger partial charge in [-0.25, -0.2) is 13.6 Å². The fourth-order valence-electron chi connectivity index (χ4n) is 1.44. The number of hydrogen-bond donors (Lipinski definition) is 2. The highest BCUT2D eigenvalue weighted by atomic mass is 35.5. The zero-order valence-electron chi connectivity index (χ0n) is 9.88. The van der Waals surface area contributed by atoms with E-state index in [4.69, 9.17) is 23.2 Å². The van der Waals surface area contributed by atoms with Crippen LogP contribution < -0.4 is 10.6 Å². The van der Waals surface area contributed by atoms with Crippen LogP contribution in [0.2, 0.25) is 10.0 Å². The minimum absolute atomic E-state index is 0.0456. The molecule has 2 rings (SSSR count). The van der Waals surface area contributed by atoms with Crippen LogP contribution in [0, 0.1) is 11.6 Å². The van der Waals surface area contributed by atoms with Crippen molar-refractivity contribution in [2.75, 3.05) is 10.6 Å². The van der Waals surface area contributed by atoms with E-state index < -0.39 is 17.7 Å². The summed E-state index contributed by atoms with van der Waals surface area (Å²) in [6.07, 6.45) is 0. The van der Waals surface area contributed by atoms with Gasteiger partial charge in [-0.3, -0.25) is 0 Å². The molecule has 0 saturated heterocycles. The van der Waals surface area contributed by atoms with E-state index in [1.165, 1.54) is 24.3 Å². The predicted molar refractivity (Wildman–Crippen MR) is 75.5 cm³/mol. The summed E-state index contributed by atoms with van der Waals surface area (Å²) < 4.78 is 26.4. The van der Waals surface area contributed by atoms with E-state index in [0.717, 1.165) is 12.1 Å². The number of benzene rings is 2. The van der Waals surface area contributed by atoms with Gasteiger partial charge in [0.15, 0.2) is 0 Å². The second-order valence-corrected chi connectivity index (χ2v) is 4.65. The molecule has 0 aliphatic carbocycles. The maximum atomic E-state index is 13.2. The Morgan fingerprint density at radius 3 is 1.60 bits per heavy atom. The number of rotatable bonds is 2. The first-order valence-electron chi connectivity index (χ1n) is 5.44. The minimum atomic E-state index is -0.651. The Bertz CT molecular complexity index is 609. The number of carbonyl (C=O) groups is 1. The number of hydrogen-bond acceptors (Lipinski definition) is 1. The molecule has 0 radical (unpaired) electrons. The molecule has 0 fully saturated rings. The van der Waals surface area contributed by atoms with Gasteiger partial charge in [0.1, 0.15) is 11.6 Å². The highest BCUT2D eigenvalue weighted by molar-refractivity contribution is 6.31. The minimum Gasteiger partial charge on any atom is -0.308 e. The van der Waals surface area contributed by atoms with Gasteiger partial charge in [0.05, 0.1) is 10.0 Å². The molecule has 0 heterocycles. The van der Waals surface area contributed by atoms with Crippen molar-refractivity contribution in [1.82, 2.24) is 0 Å². The van der Waals surface area contributed by atoms with Crippen molar-refractivity contribution in [3.8, 4) is 0 Å². The third kappa shape index (κ3) is 3.59. The summed E-state index contributed by atoms with van der Waals surface area (Å²) in [7, 11) is 0. The van der Waals surface area contributed by atoms with Gasteiger partial charge in [0.25, 0.3) is 0 Å². The molecular weight excluding hydrogens is 309 g/mol. The molecule has 2 N–H and O–H groups in total. The van der Waals surface area contributed by atoms with Crippen molar-refractivity contribution in [2.24, 2.45) is 0 Å². The quantitative estimate of drug-likeness (QED) is 0.811. The summed E-state index contributed by atoms with van der Waals surface area (Å²) >= 11 is 11.0. The Labute approximate surface area is 123 Å². The molecule has 0 unspecified atom stereocenters. The maximum absolute atomic E-state index is 13.2. The van der Waals surface area contributed by atoms with Crippen LogP contribution in [0.25, 0.3) is 0 Å². The van der Waals surface area contributed by atoms with E-state index in [1.54, 1.807) is 0 Å². The number of nitrogens with one attached hydrogen (secondary N) is 2. The highest BCUT2D eigenvalue weighted by Gasteiger charge is 2.07. The number of urea groups is 1. The summed E-state index contributed by atoms with van der Waals surface area (Å²) in [5.41, 5.74) is 0.442. The van der Waals surface area contributed by atoms with Gasteiger partial charge in [-0.1, -0.05) is 23.2 Å².